The highest BCUT2D eigenvalue weighted by atomic mass is 16.6. The second-order valence-corrected chi connectivity index (χ2v) is 8.85. The molecule has 0 bridgehead atoms. The topological polar surface area (TPSA) is 93.7 Å². The summed E-state index contributed by atoms with van der Waals surface area (Å²) < 4.78 is 10.2. The first-order valence-corrected chi connectivity index (χ1v) is 11.1. The average Bonchev–Trinajstić information content (AvgIpc) is 2.77. The Morgan fingerprint density at radius 2 is 1.36 bits per heavy atom. The van der Waals surface area contributed by atoms with Crippen LogP contribution in [0.3, 0.4) is 0 Å². The maximum absolute atomic E-state index is 13.2. The van der Waals surface area contributed by atoms with Gasteiger partial charge in [-0.15, -0.1) is 0 Å². The number of carbonyl (C=O) groups is 3. The highest BCUT2D eigenvalue weighted by Crippen LogP contribution is 2.11. The first-order chi connectivity index (χ1) is 15.6. The molecular formula is C26H34N2O5. The number of rotatable bonds is 9. The lowest BCUT2D eigenvalue weighted by molar-refractivity contribution is -0.145. The summed E-state index contributed by atoms with van der Waals surface area (Å²) in [5, 5.41) is 5.39. The fourth-order valence-corrected chi connectivity index (χ4v) is 3.26. The van der Waals surface area contributed by atoms with Gasteiger partial charge in [-0.1, -0.05) is 61.5 Å². The minimum Gasteiger partial charge on any atom is -0.467 e. The molecule has 2 unspecified atom stereocenters. The van der Waals surface area contributed by atoms with Gasteiger partial charge < -0.3 is 20.1 Å². The van der Waals surface area contributed by atoms with E-state index in [4.69, 9.17) is 9.47 Å². The van der Waals surface area contributed by atoms with Crippen molar-refractivity contribution < 1.29 is 23.9 Å². The lowest BCUT2D eigenvalue weighted by atomic mass is 10.0. The SMILES string of the molecule is CCc1ccc(CC(NC(=O)OC(C)(C)C)C(=O)NC(Cc2ccccc2)C(=O)OC)cc1. The van der Waals surface area contributed by atoms with Crippen LogP contribution in [0.1, 0.15) is 44.4 Å². The van der Waals surface area contributed by atoms with E-state index in [-0.39, 0.29) is 12.8 Å². The van der Waals surface area contributed by atoms with Crippen molar-refractivity contribution in [1.29, 1.82) is 0 Å². The number of alkyl carbamates (subject to hydrolysis) is 1. The maximum Gasteiger partial charge on any atom is 0.408 e. The average molecular weight is 455 g/mol. The molecule has 178 valence electrons. The fourth-order valence-electron chi connectivity index (χ4n) is 3.26. The second-order valence-electron chi connectivity index (χ2n) is 8.85. The number of methoxy groups -OCH3 is 1. The van der Waals surface area contributed by atoms with E-state index in [1.54, 1.807) is 20.8 Å². The van der Waals surface area contributed by atoms with Crippen LogP contribution < -0.4 is 10.6 Å². The number of esters is 1. The van der Waals surface area contributed by atoms with Gasteiger partial charge in [-0.3, -0.25) is 4.79 Å². The Labute approximate surface area is 195 Å². The predicted octanol–water partition coefficient (Wildman–Crippen LogP) is 3.59. The third-order valence-corrected chi connectivity index (χ3v) is 4.96. The Balaban J connectivity index is 2.21. The molecular weight excluding hydrogens is 420 g/mol. The Morgan fingerprint density at radius 3 is 1.91 bits per heavy atom. The molecule has 0 fully saturated rings. The van der Waals surface area contributed by atoms with Crippen molar-refractivity contribution in [3.63, 3.8) is 0 Å². The van der Waals surface area contributed by atoms with Gasteiger partial charge in [0.15, 0.2) is 0 Å². The minimum absolute atomic E-state index is 0.244. The largest absolute Gasteiger partial charge is 0.467 e. The van der Waals surface area contributed by atoms with Crippen LogP contribution in [0, 0.1) is 0 Å². The van der Waals surface area contributed by atoms with Gasteiger partial charge in [-0.25, -0.2) is 9.59 Å². The van der Waals surface area contributed by atoms with E-state index in [1.165, 1.54) is 12.7 Å². The van der Waals surface area contributed by atoms with Crippen LogP contribution >= 0.6 is 0 Å². The van der Waals surface area contributed by atoms with Crippen molar-refractivity contribution in [1.82, 2.24) is 10.6 Å². The minimum atomic E-state index is -0.935. The van der Waals surface area contributed by atoms with Crippen molar-refractivity contribution in [2.24, 2.45) is 0 Å². The molecule has 7 heteroatoms. The van der Waals surface area contributed by atoms with Crippen LogP contribution in [-0.4, -0.2) is 42.8 Å². The van der Waals surface area contributed by atoms with Crippen LogP contribution in [0.4, 0.5) is 4.79 Å². The van der Waals surface area contributed by atoms with Gasteiger partial charge >= 0.3 is 12.1 Å². The van der Waals surface area contributed by atoms with E-state index in [9.17, 15) is 14.4 Å². The van der Waals surface area contributed by atoms with Gasteiger partial charge in [-0.05, 0) is 43.9 Å². The van der Waals surface area contributed by atoms with Crippen molar-refractivity contribution in [3.05, 3.63) is 71.3 Å². The number of nitrogens with one attached hydrogen (secondary N) is 2. The number of carbonyl (C=O) groups excluding carboxylic acids is 3. The summed E-state index contributed by atoms with van der Waals surface area (Å²) in [4.78, 5) is 38.0. The summed E-state index contributed by atoms with van der Waals surface area (Å²) >= 11 is 0. The zero-order chi connectivity index (χ0) is 24.4. The van der Waals surface area contributed by atoms with Gasteiger partial charge in [0.2, 0.25) is 5.91 Å². The Morgan fingerprint density at radius 1 is 0.818 bits per heavy atom. The van der Waals surface area contributed by atoms with Gasteiger partial charge in [0.25, 0.3) is 0 Å². The van der Waals surface area contributed by atoms with Crippen LogP contribution in [-0.2, 0) is 38.3 Å². The number of hydrogen-bond acceptors (Lipinski definition) is 5. The standard InChI is InChI=1S/C26H34N2O5/c1-6-18-12-14-20(15-13-18)16-21(28-25(31)33-26(2,3)4)23(29)27-22(24(30)32-5)17-19-10-8-7-9-11-19/h7-15,21-22H,6,16-17H2,1-5H3,(H,27,29)(H,28,31). The number of aryl methyl sites for hydroxylation is 1. The van der Waals surface area contributed by atoms with Gasteiger partial charge in [0, 0.05) is 12.8 Å². The number of hydrogen-bond donors (Lipinski definition) is 2. The van der Waals surface area contributed by atoms with E-state index in [0.29, 0.717) is 0 Å². The number of amides is 2. The third kappa shape index (κ3) is 8.96. The molecule has 0 heterocycles. The zero-order valence-corrected chi connectivity index (χ0v) is 20.0. The lowest BCUT2D eigenvalue weighted by Gasteiger charge is -2.25. The Bertz CT molecular complexity index is 920. The van der Waals surface area contributed by atoms with Crippen molar-refractivity contribution >= 4 is 18.0 Å². The molecule has 7 nitrogen and oxygen atoms in total. The van der Waals surface area contributed by atoms with Gasteiger partial charge in [0.05, 0.1) is 7.11 Å². The van der Waals surface area contributed by atoms with E-state index in [0.717, 1.165) is 17.5 Å². The van der Waals surface area contributed by atoms with E-state index >= 15 is 0 Å². The lowest BCUT2D eigenvalue weighted by Crippen LogP contribution is -2.53. The highest BCUT2D eigenvalue weighted by Gasteiger charge is 2.29. The van der Waals surface area contributed by atoms with Crippen LogP contribution in [0.25, 0.3) is 0 Å². The fraction of sp³-hybridized carbons (Fsp3) is 0.423. The molecule has 2 amide bonds. The molecule has 33 heavy (non-hydrogen) atoms. The van der Waals surface area contributed by atoms with Crippen LogP contribution in [0.2, 0.25) is 0 Å². The molecule has 0 aliphatic rings. The second kappa shape index (κ2) is 12.0. The molecule has 0 spiro atoms. The molecule has 2 rings (SSSR count). The van der Waals surface area contributed by atoms with Gasteiger partial charge in [0.1, 0.15) is 17.7 Å². The molecule has 2 aromatic carbocycles. The van der Waals surface area contributed by atoms with Crippen LogP contribution in [0.5, 0.6) is 0 Å². The molecule has 0 radical (unpaired) electrons. The molecule has 2 N–H and O–H groups in total. The highest BCUT2D eigenvalue weighted by molar-refractivity contribution is 5.90. The van der Waals surface area contributed by atoms with Crippen molar-refractivity contribution in [2.75, 3.05) is 7.11 Å². The normalized spacial score (nSPS) is 12.9. The quantitative estimate of drug-likeness (QED) is 0.565. The summed E-state index contributed by atoms with van der Waals surface area (Å²) in [6.07, 6.45) is 0.712. The summed E-state index contributed by atoms with van der Waals surface area (Å²) in [6, 6.07) is 15.3. The summed E-state index contributed by atoms with van der Waals surface area (Å²) in [5.41, 5.74) is 2.21. The van der Waals surface area contributed by atoms with E-state index < -0.39 is 35.7 Å². The van der Waals surface area contributed by atoms with Crippen LogP contribution in [0.15, 0.2) is 54.6 Å². The molecule has 0 aromatic heterocycles. The molecule has 2 atom stereocenters. The molecule has 0 saturated heterocycles. The molecule has 2 aromatic rings. The van der Waals surface area contributed by atoms with Crippen molar-refractivity contribution in [3.8, 4) is 0 Å². The summed E-state index contributed by atoms with van der Waals surface area (Å²) in [6.45, 7) is 7.31. The smallest absolute Gasteiger partial charge is 0.408 e. The Hall–Kier alpha value is -3.35. The number of benzene rings is 2. The maximum atomic E-state index is 13.2. The first-order valence-electron chi connectivity index (χ1n) is 11.1. The van der Waals surface area contributed by atoms with E-state index in [2.05, 4.69) is 17.6 Å². The first kappa shape index (κ1) is 25.9. The third-order valence-electron chi connectivity index (χ3n) is 4.96. The zero-order valence-electron chi connectivity index (χ0n) is 20.0. The molecule has 0 saturated carbocycles. The van der Waals surface area contributed by atoms with Crippen molar-refractivity contribution in [2.45, 2.75) is 64.6 Å². The Kier molecular flexibility index (Phi) is 9.45. The predicted molar refractivity (Wildman–Crippen MR) is 127 cm³/mol. The van der Waals surface area contributed by atoms with Gasteiger partial charge in [-0.2, -0.15) is 0 Å². The van der Waals surface area contributed by atoms with E-state index in [1.807, 2.05) is 54.6 Å². The summed E-state index contributed by atoms with van der Waals surface area (Å²) in [5.74, 6) is -1.05. The number of ether oxygens (including phenoxy) is 2. The molecule has 0 aliphatic heterocycles. The summed E-state index contributed by atoms with van der Waals surface area (Å²) in [7, 11) is 1.28. The monoisotopic (exact) mass is 454 g/mol. The molecule has 0 aliphatic carbocycles.